The van der Waals surface area contributed by atoms with E-state index in [2.05, 4.69) is 276 Å². The molecule has 0 fully saturated rings. The van der Waals surface area contributed by atoms with Gasteiger partial charge >= 0.3 is 0 Å². The Balaban J connectivity index is 0.939. The van der Waals surface area contributed by atoms with E-state index in [-0.39, 0.29) is 0 Å². The molecule has 13 rings (SSSR count). The molecular weight excluding hydrogens is 853 g/mol. The topological polar surface area (TPSA) is 8.17 Å². The fraction of sp³-hybridized carbons (Fsp3) is 0. The van der Waals surface area contributed by atoms with Crippen molar-refractivity contribution in [3.05, 3.63) is 267 Å². The summed E-state index contributed by atoms with van der Waals surface area (Å²) in [4.78, 5) is 2.43. The van der Waals surface area contributed by atoms with Gasteiger partial charge in [-0.3, -0.25) is 0 Å². The molecular formula is C66H44N2S. The molecule has 0 bridgehead atoms. The predicted octanol–water partition coefficient (Wildman–Crippen LogP) is 19.0. The smallest absolute Gasteiger partial charge is 0.0541 e. The summed E-state index contributed by atoms with van der Waals surface area (Å²) in [5, 5.41) is 5.11. The van der Waals surface area contributed by atoms with Crippen molar-refractivity contribution >= 4 is 70.4 Å². The Labute approximate surface area is 405 Å². The zero-order valence-corrected chi connectivity index (χ0v) is 38.5. The number of para-hydroxylation sites is 3. The largest absolute Gasteiger partial charge is 0.310 e. The van der Waals surface area contributed by atoms with Crippen LogP contribution in [0.25, 0.3) is 103 Å². The van der Waals surface area contributed by atoms with Gasteiger partial charge in [0.2, 0.25) is 0 Å². The molecule has 2 heterocycles. The number of rotatable bonds is 9. The lowest BCUT2D eigenvalue weighted by atomic mass is 9.88. The normalized spacial score (nSPS) is 11.5. The number of hydrogen-bond donors (Lipinski definition) is 0. The van der Waals surface area contributed by atoms with Crippen molar-refractivity contribution in [3.63, 3.8) is 0 Å². The lowest BCUT2D eigenvalue weighted by Crippen LogP contribution is -2.11. The van der Waals surface area contributed by atoms with Crippen LogP contribution in [-0.4, -0.2) is 4.57 Å². The van der Waals surface area contributed by atoms with Crippen LogP contribution in [0.2, 0.25) is 0 Å². The maximum Gasteiger partial charge on any atom is 0.0541 e. The van der Waals surface area contributed by atoms with E-state index < -0.39 is 0 Å². The molecule has 2 nitrogen and oxygen atoms in total. The minimum atomic E-state index is 1.08. The summed E-state index contributed by atoms with van der Waals surface area (Å²) in [5.74, 6) is 0. The van der Waals surface area contributed by atoms with Gasteiger partial charge in [-0.05, 0) is 129 Å². The Morgan fingerprint density at radius 1 is 0.275 bits per heavy atom. The molecule has 0 saturated heterocycles. The van der Waals surface area contributed by atoms with Crippen molar-refractivity contribution in [1.29, 1.82) is 0 Å². The van der Waals surface area contributed by atoms with Gasteiger partial charge in [0.05, 0.1) is 16.7 Å². The molecule has 0 unspecified atom stereocenters. The van der Waals surface area contributed by atoms with Crippen molar-refractivity contribution in [3.8, 4) is 61.3 Å². The van der Waals surface area contributed by atoms with E-state index in [0.29, 0.717) is 0 Å². The van der Waals surface area contributed by atoms with Gasteiger partial charge in [0.25, 0.3) is 0 Å². The van der Waals surface area contributed by atoms with E-state index in [9.17, 15) is 0 Å². The highest BCUT2D eigenvalue weighted by molar-refractivity contribution is 7.25. The second kappa shape index (κ2) is 17.2. The first-order valence-electron chi connectivity index (χ1n) is 23.6. The molecule has 2 aromatic heterocycles. The number of hydrogen-bond acceptors (Lipinski definition) is 2. The van der Waals surface area contributed by atoms with E-state index in [1.807, 2.05) is 11.3 Å². The lowest BCUT2D eigenvalue weighted by Gasteiger charge is -2.29. The fourth-order valence-corrected chi connectivity index (χ4v) is 11.5. The average Bonchev–Trinajstić information content (AvgIpc) is 3.97. The van der Waals surface area contributed by atoms with E-state index in [1.54, 1.807) is 0 Å². The number of nitrogens with zero attached hydrogens (tertiary/aromatic N) is 2. The standard InChI is InChI=1S/C66H44N2S/c1-3-17-47(18-4-1)53-21-7-8-22-54(53)55-23-9-10-24-56(55)57-25-11-14-28-62(57)67(52-39-33-46(34-40-52)49-36-42-66-61(44-49)59-27-13-16-30-65(59)69-66)51-37-31-45(32-38-51)48-35-41-64-60(43-48)58-26-12-15-29-63(58)68(64)50-19-5-2-6-20-50/h1-44H. The highest BCUT2D eigenvalue weighted by Gasteiger charge is 2.21. The number of anilines is 3. The second-order valence-electron chi connectivity index (χ2n) is 17.6. The second-order valence-corrected chi connectivity index (χ2v) is 18.7. The van der Waals surface area contributed by atoms with Crippen molar-refractivity contribution in [2.24, 2.45) is 0 Å². The maximum absolute atomic E-state index is 2.43. The summed E-state index contributed by atoms with van der Waals surface area (Å²) in [6.07, 6.45) is 0. The van der Waals surface area contributed by atoms with Crippen LogP contribution in [0.1, 0.15) is 0 Å². The third-order valence-electron chi connectivity index (χ3n) is 13.6. The highest BCUT2D eigenvalue weighted by Crippen LogP contribution is 2.46. The minimum absolute atomic E-state index is 1.08. The van der Waals surface area contributed by atoms with Crippen LogP contribution < -0.4 is 4.90 Å². The molecule has 69 heavy (non-hydrogen) atoms. The predicted molar refractivity (Wildman–Crippen MR) is 296 cm³/mol. The number of aromatic nitrogens is 1. The average molecular weight is 897 g/mol. The molecule has 0 saturated carbocycles. The molecule has 13 aromatic rings. The van der Waals surface area contributed by atoms with E-state index in [4.69, 9.17) is 0 Å². The molecule has 0 radical (unpaired) electrons. The first-order chi connectivity index (χ1) is 34.2. The zero-order valence-electron chi connectivity index (χ0n) is 37.7. The Kier molecular flexibility index (Phi) is 10.1. The molecule has 0 amide bonds. The summed E-state index contributed by atoms with van der Waals surface area (Å²) < 4.78 is 5.01. The maximum atomic E-state index is 2.43. The van der Waals surface area contributed by atoms with Gasteiger partial charge in [-0.25, -0.2) is 0 Å². The van der Waals surface area contributed by atoms with Crippen LogP contribution in [0.5, 0.6) is 0 Å². The van der Waals surface area contributed by atoms with Gasteiger partial charge in [0.1, 0.15) is 0 Å². The highest BCUT2D eigenvalue weighted by atomic mass is 32.1. The Bertz CT molecular complexity index is 4000. The van der Waals surface area contributed by atoms with Gasteiger partial charge in [-0.15, -0.1) is 11.3 Å². The van der Waals surface area contributed by atoms with Crippen molar-refractivity contribution in [2.45, 2.75) is 0 Å². The minimum Gasteiger partial charge on any atom is -0.310 e. The molecule has 3 heteroatoms. The van der Waals surface area contributed by atoms with Crippen LogP contribution in [0.3, 0.4) is 0 Å². The van der Waals surface area contributed by atoms with E-state index in [1.165, 1.54) is 92.0 Å². The van der Waals surface area contributed by atoms with Crippen molar-refractivity contribution < 1.29 is 0 Å². The monoisotopic (exact) mass is 896 g/mol. The van der Waals surface area contributed by atoms with Crippen LogP contribution >= 0.6 is 11.3 Å². The lowest BCUT2D eigenvalue weighted by molar-refractivity contribution is 1.18. The quantitative estimate of drug-likeness (QED) is 0.140. The Morgan fingerprint density at radius 3 is 1.43 bits per heavy atom. The molecule has 0 spiro atoms. The molecule has 0 N–H and O–H groups in total. The zero-order chi connectivity index (χ0) is 45.7. The van der Waals surface area contributed by atoms with E-state index >= 15 is 0 Å². The number of benzene rings is 11. The van der Waals surface area contributed by atoms with E-state index in [0.717, 1.165) is 28.3 Å². The first kappa shape index (κ1) is 40.5. The van der Waals surface area contributed by atoms with Crippen molar-refractivity contribution in [2.75, 3.05) is 4.90 Å². The SMILES string of the molecule is c1ccc(-c2ccccc2-c2ccccc2-c2ccccc2N(c2ccc(-c3ccc4sc5ccccc5c4c3)cc2)c2ccc(-c3ccc4c(c3)c3ccccc3n4-c3ccccc3)cc2)cc1. The van der Waals surface area contributed by atoms with Gasteiger partial charge in [-0.1, -0.05) is 188 Å². The van der Waals surface area contributed by atoms with Gasteiger partial charge < -0.3 is 9.47 Å². The molecule has 0 atom stereocenters. The van der Waals surface area contributed by atoms with Gasteiger partial charge in [-0.2, -0.15) is 0 Å². The first-order valence-corrected chi connectivity index (χ1v) is 24.4. The van der Waals surface area contributed by atoms with Crippen LogP contribution in [-0.2, 0) is 0 Å². The van der Waals surface area contributed by atoms with Crippen LogP contribution in [0, 0.1) is 0 Å². The molecule has 0 aliphatic heterocycles. The van der Waals surface area contributed by atoms with Crippen molar-refractivity contribution in [1.82, 2.24) is 4.57 Å². The molecule has 324 valence electrons. The summed E-state index contributed by atoms with van der Waals surface area (Å²) in [6, 6.07) is 97.4. The summed E-state index contributed by atoms with van der Waals surface area (Å²) in [6.45, 7) is 0. The van der Waals surface area contributed by atoms with Crippen LogP contribution in [0.4, 0.5) is 17.1 Å². The third kappa shape index (κ3) is 7.20. The molecule has 0 aliphatic rings. The summed E-state index contributed by atoms with van der Waals surface area (Å²) >= 11 is 1.86. The van der Waals surface area contributed by atoms with Gasteiger partial charge in [0, 0.05) is 53.6 Å². The van der Waals surface area contributed by atoms with Gasteiger partial charge in [0.15, 0.2) is 0 Å². The Morgan fingerprint density at radius 2 is 0.739 bits per heavy atom. The van der Waals surface area contributed by atoms with Crippen LogP contribution in [0.15, 0.2) is 267 Å². The fourth-order valence-electron chi connectivity index (χ4n) is 10.4. The molecule has 11 aromatic carbocycles. The number of thiophene rings is 1. The Hall–Kier alpha value is -8.76. The summed E-state index contributed by atoms with van der Waals surface area (Å²) in [5.41, 5.74) is 18.7. The molecule has 0 aliphatic carbocycles. The number of fused-ring (bicyclic) bond motifs is 6. The summed E-state index contributed by atoms with van der Waals surface area (Å²) in [7, 11) is 0. The third-order valence-corrected chi connectivity index (χ3v) is 14.8.